The Morgan fingerprint density at radius 1 is 1.33 bits per heavy atom. The van der Waals surface area contributed by atoms with Crippen LogP contribution in [0.2, 0.25) is 5.02 Å². The number of hydrogen-bond donors (Lipinski definition) is 1. The van der Waals surface area contributed by atoms with Crippen molar-refractivity contribution in [2.24, 2.45) is 5.92 Å². The molecule has 6 nitrogen and oxygen atoms in total. The summed E-state index contributed by atoms with van der Waals surface area (Å²) in [6.07, 6.45) is 2.65. The molecule has 1 aromatic heterocycles. The van der Waals surface area contributed by atoms with Crippen LogP contribution >= 0.6 is 11.6 Å². The predicted octanol–water partition coefficient (Wildman–Crippen LogP) is 3.72. The molecule has 1 aliphatic carbocycles. The SMILES string of the molecule is COc1cc(OC)c(NC(=O)c2noc3c2CC(C)CC3)cc1Cl. The van der Waals surface area contributed by atoms with Gasteiger partial charge in [0.2, 0.25) is 0 Å². The van der Waals surface area contributed by atoms with Crippen LogP contribution in [0.15, 0.2) is 16.7 Å². The van der Waals surface area contributed by atoms with Crippen molar-refractivity contribution in [2.75, 3.05) is 19.5 Å². The summed E-state index contributed by atoms with van der Waals surface area (Å²) in [5, 5.41) is 7.13. The van der Waals surface area contributed by atoms with Crippen LogP contribution in [-0.4, -0.2) is 25.3 Å². The van der Waals surface area contributed by atoms with E-state index in [0.29, 0.717) is 33.8 Å². The maximum Gasteiger partial charge on any atom is 0.278 e. The zero-order valence-electron chi connectivity index (χ0n) is 13.8. The molecule has 128 valence electrons. The van der Waals surface area contributed by atoms with Gasteiger partial charge in [0.25, 0.3) is 5.91 Å². The lowest BCUT2D eigenvalue weighted by atomic mass is 9.88. The highest BCUT2D eigenvalue weighted by Crippen LogP contribution is 2.36. The zero-order chi connectivity index (χ0) is 17.3. The molecule has 1 heterocycles. The van der Waals surface area contributed by atoms with Crippen LogP contribution in [0.25, 0.3) is 0 Å². The summed E-state index contributed by atoms with van der Waals surface area (Å²) < 4.78 is 15.8. The van der Waals surface area contributed by atoms with E-state index in [-0.39, 0.29) is 5.91 Å². The molecule has 1 atom stereocenters. The van der Waals surface area contributed by atoms with Gasteiger partial charge < -0.3 is 19.3 Å². The summed E-state index contributed by atoms with van der Waals surface area (Å²) in [5.74, 6) is 1.90. The number of carbonyl (C=O) groups is 1. The van der Waals surface area contributed by atoms with Crippen molar-refractivity contribution in [1.82, 2.24) is 5.16 Å². The van der Waals surface area contributed by atoms with Gasteiger partial charge in [-0.2, -0.15) is 0 Å². The molecule has 0 saturated carbocycles. The Morgan fingerprint density at radius 3 is 2.79 bits per heavy atom. The molecule has 1 N–H and O–H groups in total. The van der Waals surface area contributed by atoms with Crippen LogP contribution in [-0.2, 0) is 12.8 Å². The van der Waals surface area contributed by atoms with E-state index >= 15 is 0 Å². The largest absolute Gasteiger partial charge is 0.495 e. The Balaban J connectivity index is 1.88. The first-order chi connectivity index (χ1) is 11.5. The second-order valence-corrected chi connectivity index (χ2v) is 6.33. The van der Waals surface area contributed by atoms with E-state index < -0.39 is 0 Å². The van der Waals surface area contributed by atoms with Crippen LogP contribution in [0.5, 0.6) is 11.5 Å². The topological polar surface area (TPSA) is 73.6 Å². The third-order valence-corrected chi connectivity index (χ3v) is 4.52. The number of hydrogen-bond acceptors (Lipinski definition) is 5. The summed E-state index contributed by atoms with van der Waals surface area (Å²) in [7, 11) is 3.03. The van der Waals surface area contributed by atoms with E-state index in [9.17, 15) is 4.79 Å². The number of rotatable bonds is 4. The Bertz CT molecular complexity index is 772. The van der Waals surface area contributed by atoms with Crippen molar-refractivity contribution < 1.29 is 18.8 Å². The lowest BCUT2D eigenvalue weighted by Gasteiger charge is -2.17. The maximum atomic E-state index is 12.6. The first kappa shape index (κ1) is 16.6. The molecular formula is C17H19ClN2O4. The summed E-state index contributed by atoms with van der Waals surface area (Å²) in [6, 6.07) is 3.21. The molecule has 1 aromatic carbocycles. The molecule has 0 fully saturated rings. The molecule has 3 rings (SSSR count). The number of fused-ring (bicyclic) bond motifs is 1. The minimum absolute atomic E-state index is 0.325. The Hall–Kier alpha value is -2.21. The number of methoxy groups -OCH3 is 2. The van der Waals surface area contributed by atoms with Gasteiger partial charge in [-0.3, -0.25) is 4.79 Å². The number of halogens is 1. The second-order valence-electron chi connectivity index (χ2n) is 5.92. The molecule has 0 saturated heterocycles. The molecule has 2 aromatic rings. The Kier molecular flexibility index (Phi) is 4.66. The number of aromatic nitrogens is 1. The highest BCUT2D eigenvalue weighted by atomic mass is 35.5. The highest BCUT2D eigenvalue weighted by Gasteiger charge is 2.27. The molecule has 7 heteroatoms. The second kappa shape index (κ2) is 6.73. The van der Waals surface area contributed by atoms with Crippen molar-refractivity contribution >= 4 is 23.2 Å². The highest BCUT2D eigenvalue weighted by molar-refractivity contribution is 6.32. The normalized spacial score (nSPS) is 16.4. The number of aryl methyl sites for hydroxylation is 1. The van der Waals surface area contributed by atoms with Gasteiger partial charge in [0.05, 0.1) is 24.9 Å². The summed E-state index contributed by atoms with van der Waals surface area (Å²) in [5.41, 5.74) is 1.67. The van der Waals surface area contributed by atoms with Crippen molar-refractivity contribution in [2.45, 2.75) is 26.2 Å². The standard InChI is InChI=1S/C17H19ClN2O4/c1-9-4-5-13-10(6-9)16(20-24-13)17(21)19-12-7-11(18)14(22-2)8-15(12)23-3/h7-9H,4-6H2,1-3H3,(H,19,21). The molecule has 1 amide bonds. The third kappa shape index (κ3) is 3.06. The number of anilines is 1. The summed E-state index contributed by atoms with van der Waals surface area (Å²) >= 11 is 6.14. The lowest BCUT2D eigenvalue weighted by molar-refractivity contribution is 0.101. The van der Waals surface area contributed by atoms with Crippen LogP contribution < -0.4 is 14.8 Å². The molecule has 1 aliphatic rings. The number of ether oxygens (including phenoxy) is 2. The fourth-order valence-electron chi connectivity index (χ4n) is 2.90. The molecule has 0 radical (unpaired) electrons. The number of nitrogens with one attached hydrogen (secondary N) is 1. The van der Waals surface area contributed by atoms with Crippen LogP contribution in [0.1, 0.15) is 35.2 Å². The van der Waals surface area contributed by atoms with Gasteiger partial charge in [-0.05, 0) is 24.8 Å². The van der Waals surface area contributed by atoms with Gasteiger partial charge in [0.1, 0.15) is 17.3 Å². The van der Waals surface area contributed by atoms with Gasteiger partial charge in [-0.1, -0.05) is 23.7 Å². The quantitative estimate of drug-likeness (QED) is 0.909. The van der Waals surface area contributed by atoms with E-state index in [0.717, 1.165) is 30.6 Å². The molecule has 0 aliphatic heterocycles. The number of benzene rings is 1. The average molecular weight is 351 g/mol. The summed E-state index contributed by atoms with van der Waals surface area (Å²) in [4.78, 5) is 12.6. The van der Waals surface area contributed by atoms with E-state index in [2.05, 4.69) is 17.4 Å². The van der Waals surface area contributed by atoms with Gasteiger partial charge in [-0.15, -0.1) is 0 Å². The van der Waals surface area contributed by atoms with Crippen LogP contribution in [0.3, 0.4) is 0 Å². The van der Waals surface area contributed by atoms with E-state index in [4.69, 9.17) is 25.6 Å². The Labute approximate surface area is 145 Å². The molecule has 0 bridgehead atoms. The molecule has 1 unspecified atom stereocenters. The Morgan fingerprint density at radius 2 is 2.08 bits per heavy atom. The number of amides is 1. The number of carbonyl (C=O) groups excluding carboxylic acids is 1. The minimum atomic E-state index is -0.339. The minimum Gasteiger partial charge on any atom is -0.495 e. The van der Waals surface area contributed by atoms with Crippen LogP contribution in [0, 0.1) is 5.92 Å². The summed E-state index contributed by atoms with van der Waals surface area (Å²) in [6.45, 7) is 2.16. The number of nitrogens with zero attached hydrogens (tertiary/aromatic N) is 1. The predicted molar refractivity (Wildman–Crippen MR) is 90.2 cm³/mol. The monoisotopic (exact) mass is 350 g/mol. The third-order valence-electron chi connectivity index (χ3n) is 4.22. The zero-order valence-corrected chi connectivity index (χ0v) is 14.6. The van der Waals surface area contributed by atoms with E-state index in [1.54, 1.807) is 12.1 Å². The fraction of sp³-hybridized carbons (Fsp3) is 0.412. The molecule has 24 heavy (non-hydrogen) atoms. The van der Waals surface area contributed by atoms with Crippen molar-refractivity contribution in [1.29, 1.82) is 0 Å². The first-order valence-corrected chi connectivity index (χ1v) is 8.11. The van der Waals surface area contributed by atoms with E-state index in [1.807, 2.05) is 0 Å². The fourth-order valence-corrected chi connectivity index (χ4v) is 3.14. The van der Waals surface area contributed by atoms with Gasteiger partial charge >= 0.3 is 0 Å². The first-order valence-electron chi connectivity index (χ1n) is 7.73. The van der Waals surface area contributed by atoms with Gasteiger partial charge in [0, 0.05) is 18.1 Å². The molecular weight excluding hydrogens is 332 g/mol. The van der Waals surface area contributed by atoms with Gasteiger partial charge in [0.15, 0.2) is 5.69 Å². The molecule has 0 spiro atoms. The van der Waals surface area contributed by atoms with Crippen molar-refractivity contribution in [3.63, 3.8) is 0 Å². The maximum absolute atomic E-state index is 12.6. The average Bonchev–Trinajstić information content (AvgIpc) is 2.98. The van der Waals surface area contributed by atoms with Crippen molar-refractivity contribution in [3.05, 3.63) is 34.2 Å². The van der Waals surface area contributed by atoms with Crippen molar-refractivity contribution in [3.8, 4) is 11.5 Å². The lowest BCUT2D eigenvalue weighted by Crippen LogP contribution is -2.18. The van der Waals surface area contributed by atoms with Gasteiger partial charge in [-0.25, -0.2) is 0 Å². The van der Waals surface area contributed by atoms with E-state index in [1.165, 1.54) is 14.2 Å². The smallest absolute Gasteiger partial charge is 0.278 e. The van der Waals surface area contributed by atoms with Crippen LogP contribution in [0.4, 0.5) is 5.69 Å².